The van der Waals surface area contributed by atoms with Crippen molar-refractivity contribution in [2.45, 2.75) is 6.42 Å². The smallest absolute Gasteiger partial charge is 0.183 e. The molecule has 0 unspecified atom stereocenters. The van der Waals surface area contributed by atoms with E-state index < -0.39 is 5.82 Å². The zero-order valence-electron chi connectivity index (χ0n) is 12.5. The summed E-state index contributed by atoms with van der Waals surface area (Å²) >= 11 is 0. The Morgan fingerprint density at radius 1 is 1.35 bits per heavy atom. The fourth-order valence-corrected chi connectivity index (χ4v) is 2.89. The molecular weight excluding hydrogens is 295 g/mol. The molecule has 1 saturated heterocycles. The lowest BCUT2D eigenvalue weighted by atomic mass is 10.1. The molecule has 1 aliphatic rings. The first-order valence-electron chi connectivity index (χ1n) is 7.71. The van der Waals surface area contributed by atoms with Crippen molar-refractivity contribution in [3.8, 4) is 11.4 Å². The highest BCUT2D eigenvalue weighted by molar-refractivity contribution is 5.91. The third-order valence-corrected chi connectivity index (χ3v) is 4.16. The fourth-order valence-electron chi connectivity index (χ4n) is 2.89. The predicted octanol–water partition coefficient (Wildman–Crippen LogP) is 2.18. The van der Waals surface area contributed by atoms with Crippen LogP contribution < -0.4 is 10.6 Å². The van der Waals surface area contributed by atoms with Gasteiger partial charge in [-0.25, -0.2) is 19.3 Å². The van der Waals surface area contributed by atoms with E-state index in [-0.39, 0.29) is 5.82 Å². The average Bonchev–Trinajstić information content (AvgIpc) is 3.23. The summed E-state index contributed by atoms with van der Waals surface area (Å²) in [6, 6.07) is 3.80. The van der Waals surface area contributed by atoms with Crippen molar-refractivity contribution in [1.29, 1.82) is 0 Å². The Hall–Kier alpha value is -2.54. The van der Waals surface area contributed by atoms with Crippen LogP contribution in [0.25, 0.3) is 22.4 Å². The van der Waals surface area contributed by atoms with Crippen LogP contribution in [0.3, 0.4) is 0 Å². The second-order valence-electron chi connectivity index (χ2n) is 5.73. The highest BCUT2D eigenvalue weighted by atomic mass is 19.1. The Bertz CT molecular complexity index is 824. The van der Waals surface area contributed by atoms with E-state index >= 15 is 0 Å². The van der Waals surface area contributed by atoms with Crippen molar-refractivity contribution in [1.82, 2.24) is 25.3 Å². The summed E-state index contributed by atoms with van der Waals surface area (Å²) in [6.07, 6.45) is 5.83. The number of halogens is 1. The zero-order valence-corrected chi connectivity index (χ0v) is 12.5. The number of hydrogen-bond donors (Lipinski definition) is 3. The molecule has 0 bridgehead atoms. The predicted molar refractivity (Wildman–Crippen MR) is 86.5 cm³/mol. The lowest BCUT2D eigenvalue weighted by molar-refractivity contribution is 0.594. The van der Waals surface area contributed by atoms with Gasteiger partial charge >= 0.3 is 0 Å². The zero-order chi connectivity index (χ0) is 15.6. The largest absolute Gasteiger partial charge is 0.367 e. The number of pyridine rings is 1. The van der Waals surface area contributed by atoms with E-state index in [4.69, 9.17) is 0 Å². The number of fused-ring (bicyclic) bond motifs is 1. The van der Waals surface area contributed by atoms with Gasteiger partial charge in [-0.05, 0) is 37.6 Å². The maximum Gasteiger partial charge on any atom is 0.183 e. The molecule has 0 spiro atoms. The molecule has 0 saturated carbocycles. The number of nitrogens with one attached hydrogen (secondary N) is 3. The first-order chi connectivity index (χ1) is 11.3. The molecule has 0 amide bonds. The van der Waals surface area contributed by atoms with Crippen molar-refractivity contribution in [3.05, 3.63) is 36.5 Å². The van der Waals surface area contributed by atoms with E-state index in [1.165, 1.54) is 6.20 Å². The number of hydrogen-bond acceptors (Lipinski definition) is 5. The van der Waals surface area contributed by atoms with E-state index in [1.54, 1.807) is 12.4 Å². The van der Waals surface area contributed by atoms with Gasteiger partial charge in [0, 0.05) is 29.9 Å². The van der Waals surface area contributed by atoms with E-state index in [0.29, 0.717) is 18.3 Å². The van der Waals surface area contributed by atoms with Crippen LogP contribution in [0.2, 0.25) is 0 Å². The van der Waals surface area contributed by atoms with Crippen LogP contribution in [0, 0.1) is 11.7 Å². The van der Waals surface area contributed by atoms with Crippen LogP contribution in [0.15, 0.2) is 30.7 Å². The third-order valence-electron chi connectivity index (χ3n) is 4.16. The van der Waals surface area contributed by atoms with Gasteiger partial charge in [-0.15, -0.1) is 0 Å². The summed E-state index contributed by atoms with van der Waals surface area (Å²) in [7, 11) is 0. The van der Waals surface area contributed by atoms with Gasteiger partial charge in [-0.2, -0.15) is 0 Å². The molecule has 0 aromatic carbocycles. The maximum atomic E-state index is 14.0. The van der Waals surface area contributed by atoms with Crippen LogP contribution in [-0.2, 0) is 0 Å². The summed E-state index contributed by atoms with van der Waals surface area (Å²) in [4.78, 5) is 15.8. The average molecular weight is 312 g/mol. The Morgan fingerprint density at radius 3 is 3.17 bits per heavy atom. The Kier molecular flexibility index (Phi) is 3.63. The monoisotopic (exact) mass is 312 g/mol. The number of nitrogens with zero attached hydrogens (tertiary/aromatic N) is 3. The molecule has 3 aromatic heterocycles. The number of aromatic nitrogens is 4. The first kappa shape index (κ1) is 14.1. The second-order valence-corrected chi connectivity index (χ2v) is 5.73. The maximum absolute atomic E-state index is 14.0. The third kappa shape index (κ3) is 2.75. The van der Waals surface area contributed by atoms with E-state index in [2.05, 4.69) is 30.6 Å². The molecular formula is C16H17FN6. The van der Waals surface area contributed by atoms with Crippen LogP contribution in [-0.4, -0.2) is 39.6 Å². The fraction of sp³-hybridized carbons (Fsp3) is 0.312. The summed E-state index contributed by atoms with van der Waals surface area (Å²) in [5.41, 5.74) is 1.58. The summed E-state index contributed by atoms with van der Waals surface area (Å²) in [5, 5.41) is 7.33. The molecule has 4 rings (SSSR count). The van der Waals surface area contributed by atoms with Crippen LogP contribution in [0.5, 0.6) is 0 Å². The normalized spacial score (nSPS) is 17.7. The molecule has 1 fully saturated rings. The van der Waals surface area contributed by atoms with Crippen LogP contribution >= 0.6 is 0 Å². The molecule has 0 radical (unpaired) electrons. The van der Waals surface area contributed by atoms with Crippen LogP contribution in [0.4, 0.5) is 10.2 Å². The molecule has 118 valence electrons. The molecule has 23 heavy (non-hydrogen) atoms. The second kappa shape index (κ2) is 5.92. The van der Waals surface area contributed by atoms with Gasteiger partial charge in [0.2, 0.25) is 0 Å². The topological polar surface area (TPSA) is 78.5 Å². The lowest BCUT2D eigenvalue weighted by Gasteiger charge is -2.11. The van der Waals surface area contributed by atoms with Gasteiger partial charge < -0.3 is 15.6 Å². The summed E-state index contributed by atoms with van der Waals surface area (Å²) < 4.78 is 14.0. The van der Waals surface area contributed by atoms with Crippen molar-refractivity contribution in [3.63, 3.8) is 0 Å². The number of rotatable bonds is 4. The van der Waals surface area contributed by atoms with E-state index in [9.17, 15) is 4.39 Å². The first-order valence-corrected chi connectivity index (χ1v) is 7.71. The quantitative estimate of drug-likeness (QED) is 0.688. The molecule has 3 aromatic rings. The number of anilines is 1. The van der Waals surface area contributed by atoms with E-state index in [0.717, 1.165) is 36.1 Å². The molecule has 3 N–H and O–H groups in total. The van der Waals surface area contributed by atoms with Gasteiger partial charge in [-0.3, -0.25) is 0 Å². The minimum atomic E-state index is -0.433. The van der Waals surface area contributed by atoms with Crippen molar-refractivity contribution >= 4 is 16.9 Å². The minimum absolute atomic E-state index is 0.250. The number of H-pyrrole nitrogens is 1. The van der Waals surface area contributed by atoms with Gasteiger partial charge in [-0.1, -0.05) is 0 Å². The standard InChI is InChI=1S/C16H17FN6/c17-13-9-22-15(12-8-21-14-11(12)2-1-4-19-14)23-16(13)20-7-10-3-5-18-6-10/h1-2,4,8-10,18H,3,5-7H2,(H,19,21)(H,20,22,23)/t10-/m1/s1. The molecule has 0 aliphatic carbocycles. The molecule has 1 atom stereocenters. The highest BCUT2D eigenvalue weighted by Crippen LogP contribution is 2.26. The Morgan fingerprint density at radius 2 is 2.30 bits per heavy atom. The Balaban J connectivity index is 1.63. The van der Waals surface area contributed by atoms with Crippen molar-refractivity contribution in [2.24, 2.45) is 5.92 Å². The molecule has 7 heteroatoms. The van der Waals surface area contributed by atoms with Gasteiger partial charge in [0.15, 0.2) is 17.5 Å². The van der Waals surface area contributed by atoms with Gasteiger partial charge in [0.25, 0.3) is 0 Å². The lowest BCUT2D eigenvalue weighted by Crippen LogP contribution is -2.18. The summed E-state index contributed by atoms with van der Waals surface area (Å²) in [6.45, 7) is 2.68. The number of aromatic amines is 1. The molecule has 1 aliphatic heterocycles. The van der Waals surface area contributed by atoms with Crippen molar-refractivity contribution < 1.29 is 4.39 Å². The van der Waals surface area contributed by atoms with Crippen molar-refractivity contribution in [2.75, 3.05) is 25.0 Å². The highest BCUT2D eigenvalue weighted by Gasteiger charge is 2.16. The molecule has 6 nitrogen and oxygen atoms in total. The van der Waals surface area contributed by atoms with Crippen LogP contribution in [0.1, 0.15) is 6.42 Å². The minimum Gasteiger partial charge on any atom is -0.367 e. The molecule has 4 heterocycles. The SMILES string of the molecule is Fc1cnc(-c2c[nH]c3ncccc23)nc1NC[C@@H]1CCNC1. The van der Waals surface area contributed by atoms with E-state index in [1.807, 2.05) is 12.1 Å². The summed E-state index contributed by atoms with van der Waals surface area (Å²) in [5.74, 6) is 0.806. The Labute approximate surface area is 132 Å². The van der Waals surface area contributed by atoms with Gasteiger partial charge in [0.05, 0.1) is 6.20 Å². The van der Waals surface area contributed by atoms with Gasteiger partial charge in [0.1, 0.15) is 5.65 Å².